The first-order valence-electron chi connectivity index (χ1n) is 6.09. The summed E-state index contributed by atoms with van der Waals surface area (Å²) in [6.07, 6.45) is 0. The molecule has 0 aliphatic rings. The van der Waals surface area contributed by atoms with Gasteiger partial charge in [0.1, 0.15) is 6.61 Å². The fourth-order valence-corrected chi connectivity index (χ4v) is 2.03. The molecular formula is C15H14ClNO4. The van der Waals surface area contributed by atoms with E-state index in [2.05, 4.69) is 0 Å². The third kappa shape index (κ3) is 3.58. The summed E-state index contributed by atoms with van der Waals surface area (Å²) >= 11 is 5.90. The Bertz CT molecular complexity index is 673. The number of ether oxygens (including phenoxy) is 2. The van der Waals surface area contributed by atoms with E-state index in [1.54, 1.807) is 12.1 Å². The van der Waals surface area contributed by atoms with E-state index >= 15 is 0 Å². The van der Waals surface area contributed by atoms with Crippen LogP contribution in [0.1, 0.15) is 15.9 Å². The summed E-state index contributed by atoms with van der Waals surface area (Å²) in [7, 11) is 1.46. The smallest absolute Gasteiger partial charge is 0.337 e. The van der Waals surface area contributed by atoms with Crippen molar-refractivity contribution in [3.05, 3.63) is 52.5 Å². The zero-order valence-electron chi connectivity index (χ0n) is 11.3. The minimum absolute atomic E-state index is 0.0307. The van der Waals surface area contributed by atoms with Gasteiger partial charge < -0.3 is 20.3 Å². The standard InChI is InChI=1S/C15H14ClNO4/c1-20-13-7-12(17)11(15(18)19)6-14(13)21-8-9-3-2-4-10(16)5-9/h2-7H,8,17H2,1H3,(H,18,19). The van der Waals surface area contributed by atoms with E-state index in [4.69, 9.17) is 31.9 Å². The summed E-state index contributed by atoms with van der Waals surface area (Å²) in [5.74, 6) is -0.439. The topological polar surface area (TPSA) is 81.8 Å². The van der Waals surface area contributed by atoms with Crippen LogP contribution in [0.25, 0.3) is 0 Å². The van der Waals surface area contributed by atoms with Crippen molar-refractivity contribution < 1.29 is 19.4 Å². The van der Waals surface area contributed by atoms with Crippen molar-refractivity contribution in [1.82, 2.24) is 0 Å². The Morgan fingerprint density at radius 3 is 2.67 bits per heavy atom. The van der Waals surface area contributed by atoms with Crippen LogP contribution in [0.3, 0.4) is 0 Å². The van der Waals surface area contributed by atoms with Crippen LogP contribution in [0.5, 0.6) is 11.5 Å². The van der Waals surface area contributed by atoms with Crippen molar-refractivity contribution >= 4 is 23.3 Å². The lowest BCUT2D eigenvalue weighted by molar-refractivity contribution is 0.0697. The van der Waals surface area contributed by atoms with Gasteiger partial charge in [-0.15, -0.1) is 0 Å². The molecule has 110 valence electrons. The first-order chi connectivity index (χ1) is 10.0. The Morgan fingerprint density at radius 1 is 1.29 bits per heavy atom. The van der Waals surface area contributed by atoms with Gasteiger partial charge in [0.2, 0.25) is 0 Å². The van der Waals surface area contributed by atoms with Crippen LogP contribution in [-0.4, -0.2) is 18.2 Å². The lowest BCUT2D eigenvalue weighted by atomic mass is 10.1. The zero-order chi connectivity index (χ0) is 15.4. The molecule has 0 amide bonds. The van der Waals surface area contributed by atoms with Crippen LogP contribution >= 0.6 is 11.6 Å². The van der Waals surface area contributed by atoms with Crippen LogP contribution in [0.2, 0.25) is 5.02 Å². The Balaban J connectivity index is 2.26. The lowest BCUT2D eigenvalue weighted by Gasteiger charge is -2.13. The number of carboxylic acid groups (broad SMARTS) is 1. The molecule has 0 fully saturated rings. The van der Waals surface area contributed by atoms with Gasteiger partial charge in [-0.25, -0.2) is 4.79 Å². The Kier molecular flexibility index (Phi) is 4.55. The number of anilines is 1. The number of nitrogen functional groups attached to an aromatic ring is 1. The molecule has 0 atom stereocenters. The molecule has 0 heterocycles. The number of carbonyl (C=O) groups is 1. The minimum atomic E-state index is -1.12. The molecule has 21 heavy (non-hydrogen) atoms. The van der Waals surface area contributed by atoms with Gasteiger partial charge >= 0.3 is 5.97 Å². The number of benzene rings is 2. The molecule has 6 heteroatoms. The number of hydrogen-bond acceptors (Lipinski definition) is 4. The molecule has 2 rings (SSSR count). The highest BCUT2D eigenvalue weighted by atomic mass is 35.5. The molecule has 0 aliphatic carbocycles. The molecule has 0 saturated carbocycles. The molecular weight excluding hydrogens is 294 g/mol. The SMILES string of the molecule is COc1cc(N)c(C(=O)O)cc1OCc1cccc(Cl)c1. The summed E-state index contributed by atoms with van der Waals surface area (Å²) in [4.78, 5) is 11.1. The summed E-state index contributed by atoms with van der Waals surface area (Å²) in [5.41, 5.74) is 6.61. The highest BCUT2D eigenvalue weighted by Crippen LogP contribution is 2.32. The maximum Gasteiger partial charge on any atom is 0.337 e. The largest absolute Gasteiger partial charge is 0.493 e. The van der Waals surface area contributed by atoms with E-state index < -0.39 is 5.97 Å². The second-order valence-corrected chi connectivity index (χ2v) is 4.75. The molecule has 0 aromatic heterocycles. The minimum Gasteiger partial charge on any atom is -0.493 e. The summed E-state index contributed by atoms with van der Waals surface area (Å²) in [6.45, 7) is 0.236. The van der Waals surface area contributed by atoms with Crippen LogP contribution in [0.4, 0.5) is 5.69 Å². The normalized spacial score (nSPS) is 10.2. The second-order valence-electron chi connectivity index (χ2n) is 4.31. The van der Waals surface area contributed by atoms with Gasteiger partial charge in [0.25, 0.3) is 0 Å². The average molecular weight is 308 g/mol. The number of carboxylic acids is 1. The monoisotopic (exact) mass is 307 g/mol. The molecule has 0 unspecified atom stereocenters. The molecule has 0 saturated heterocycles. The molecule has 0 aliphatic heterocycles. The van der Waals surface area contributed by atoms with Crippen molar-refractivity contribution in [1.29, 1.82) is 0 Å². The van der Waals surface area contributed by atoms with Gasteiger partial charge in [-0.1, -0.05) is 23.7 Å². The van der Waals surface area contributed by atoms with Crippen molar-refractivity contribution in [2.24, 2.45) is 0 Å². The van der Waals surface area contributed by atoms with Crippen LogP contribution in [0, 0.1) is 0 Å². The van der Waals surface area contributed by atoms with E-state index in [0.29, 0.717) is 16.5 Å². The van der Waals surface area contributed by atoms with Gasteiger partial charge in [0.05, 0.1) is 18.4 Å². The number of halogens is 1. The van der Waals surface area contributed by atoms with Gasteiger partial charge in [-0.3, -0.25) is 0 Å². The lowest BCUT2D eigenvalue weighted by Crippen LogP contribution is -2.05. The number of aromatic carboxylic acids is 1. The maximum atomic E-state index is 11.1. The van der Waals surface area contributed by atoms with Gasteiger partial charge in [-0.05, 0) is 17.7 Å². The Hall–Kier alpha value is -2.40. The molecule has 0 radical (unpaired) electrons. The third-order valence-electron chi connectivity index (χ3n) is 2.85. The number of methoxy groups -OCH3 is 1. The first kappa shape index (κ1) is 15.0. The van der Waals surface area contributed by atoms with Crippen molar-refractivity contribution in [3.63, 3.8) is 0 Å². The highest BCUT2D eigenvalue weighted by Gasteiger charge is 2.14. The van der Waals surface area contributed by atoms with E-state index in [-0.39, 0.29) is 17.9 Å². The summed E-state index contributed by atoms with van der Waals surface area (Å²) in [5, 5.41) is 9.68. The van der Waals surface area contributed by atoms with Gasteiger partial charge in [0.15, 0.2) is 11.5 Å². The molecule has 0 bridgehead atoms. The maximum absolute atomic E-state index is 11.1. The van der Waals surface area contributed by atoms with Gasteiger partial charge in [0, 0.05) is 17.2 Å². The van der Waals surface area contributed by atoms with E-state index in [9.17, 15) is 4.79 Å². The van der Waals surface area contributed by atoms with Crippen LogP contribution < -0.4 is 15.2 Å². The highest BCUT2D eigenvalue weighted by molar-refractivity contribution is 6.30. The van der Waals surface area contributed by atoms with Crippen LogP contribution in [0.15, 0.2) is 36.4 Å². The predicted octanol–water partition coefficient (Wildman–Crippen LogP) is 3.21. The number of hydrogen-bond donors (Lipinski definition) is 2. The van der Waals surface area contributed by atoms with Crippen molar-refractivity contribution in [2.75, 3.05) is 12.8 Å². The fourth-order valence-electron chi connectivity index (χ4n) is 1.82. The predicted molar refractivity (Wildman–Crippen MR) is 80.1 cm³/mol. The van der Waals surface area contributed by atoms with E-state index in [1.807, 2.05) is 12.1 Å². The summed E-state index contributed by atoms with van der Waals surface area (Å²) in [6, 6.07) is 9.97. The molecule has 3 N–H and O–H groups in total. The average Bonchev–Trinajstić information content (AvgIpc) is 2.45. The number of nitrogens with two attached hydrogens (primary N) is 1. The molecule has 2 aromatic carbocycles. The van der Waals surface area contributed by atoms with E-state index in [0.717, 1.165) is 5.56 Å². The number of rotatable bonds is 5. The molecule has 5 nitrogen and oxygen atoms in total. The quantitative estimate of drug-likeness (QED) is 0.829. The Morgan fingerprint density at radius 2 is 2.05 bits per heavy atom. The zero-order valence-corrected chi connectivity index (χ0v) is 12.1. The molecule has 2 aromatic rings. The van der Waals surface area contributed by atoms with Gasteiger partial charge in [-0.2, -0.15) is 0 Å². The van der Waals surface area contributed by atoms with Crippen molar-refractivity contribution in [3.8, 4) is 11.5 Å². The molecule has 0 spiro atoms. The summed E-state index contributed by atoms with van der Waals surface area (Å²) < 4.78 is 10.8. The van der Waals surface area contributed by atoms with Crippen molar-refractivity contribution in [2.45, 2.75) is 6.61 Å². The fraction of sp³-hybridized carbons (Fsp3) is 0.133. The van der Waals surface area contributed by atoms with Crippen LogP contribution in [-0.2, 0) is 6.61 Å². The first-order valence-corrected chi connectivity index (χ1v) is 6.47. The second kappa shape index (κ2) is 6.37. The van der Waals surface area contributed by atoms with E-state index in [1.165, 1.54) is 19.2 Å². The third-order valence-corrected chi connectivity index (χ3v) is 3.08. The Labute approximate surface area is 126 Å².